The molecule has 0 N–H and O–H groups in total. The lowest BCUT2D eigenvalue weighted by Gasteiger charge is -2.11. The van der Waals surface area contributed by atoms with Crippen molar-refractivity contribution in [1.29, 1.82) is 0 Å². The normalized spacial score (nSPS) is 12.9. The van der Waals surface area contributed by atoms with Crippen molar-refractivity contribution in [2.24, 2.45) is 0 Å². The molecule has 0 aliphatic heterocycles. The third-order valence-corrected chi connectivity index (χ3v) is 4.53. The molecule has 22 heavy (non-hydrogen) atoms. The van der Waals surface area contributed by atoms with Crippen molar-refractivity contribution in [3.05, 3.63) is 59.7 Å². The van der Waals surface area contributed by atoms with Gasteiger partial charge in [-0.05, 0) is 47.7 Å². The summed E-state index contributed by atoms with van der Waals surface area (Å²) in [6, 6.07) is 13.7. The molecule has 0 aliphatic carbocycles. The first-order valence-corrected chi connectivity index (χ1v) is 8.58. The molecule has 4 nitrogen and oxygen atoms in total. The van der Waals surface area contributed by atoms with Gasteiger partial charge in [-0.2, -0.15) is 0 Å². The van der Waals surface area contributed by atoms with Crippen LogP contribution in [0.15, 0.2) is 53.4 Å². The molecule has 1 atom stereocenters. The highest BCUT2D eigenvalue weighted by Crippen LogP contribution is 2.20. The minimum atomic E-state index is -4.41. The van der Waals surface area contributed by atoms with E-state index in [-0.39, 0.29) is 4.90 Å². The van der Waals surface area contributed by atoms with Gasteiger partial charge >= 0.3 is 0 Å². The Morgan fingerprint density at radius 1 is 1.05 bits per heavy atom. The molecule has 2 aromatic carbocycles. The average Bonchev–Trinajstić information content (AvgIpc) is 2.52. The van der Waals surface area contributed by atoms with E-state index in [0.29, 0.717) is 18.3 Å². The number of hydrogen-bond donors (Lipinski definition) is 0. The maximum Gasteiger partial charge on any atom is 0.124 e. The van der Waals surface area contributed by atoms with Crippen molar-refractivity contribution >= 4 is 10.1 Å². The van der Waals surface area contributed by atoms with Crippen molar-refractivity contribution in [1.82, 2.24) is 0 Å². The number of benzene rings is 2. The smallest absolute Gasteiger partial charge is 0.124 e. The fourth-order valence-electron chi connectivity index (χ4n) is 2.05. The van der Waals surface area contributed by atoms with Crippen LogP contribution in [-0.2, 0) is 16.7 Å². The molecule has 2 aromatic rings. The molecule has 2 rings (SSSR count). The Kier molecular flexibility index (Phi) is 5.21. The quantitative estimate of drug-likeness (QED) is 0.762. The minimum Gasteiger partial charge on any atom is -0.744 e. The van der Waals surface area contributed by atoms with E-state index in [9.17, 15) is 13.0 Å². The van der Waals surface area contributed by atoms with E-state index in [1.807, 2.05) is 12.1 Å². The van der Waals surface area contributed by atoms with E-state index in [1.54, 1.807) is 0 Å². The molecule has 0 saturated heterocycles. The first kappa shape index (κ1) is 16.5. The fourth-order valence-corrected chi connectivity index (χ4v) is 2.52. The Bertz CT molecular complexity index is 703. The number of rotatable bonds is 6. The van der Waals surface area contributed by atoms with Gasteiger partial charge in [-0.25, -0.2) is 8.42 Å². The van der Waals surface area contributed by atoms with E-state index in [2.05, 4.69) is 26.0 Å². The van der Waals surface area contributed by atoms with E-state index >= 15 is 0 Å². The highest BCUT2D eigenvalue weighted by atomic mass is 32.2. The van der Waals surface area contributed by atoms with Gasteiger partial charge in [0.1, 0.15) is 22.5 Å². The molecule has 118 valence electrons. The molecule has 0 amide bonds. The maximum absolute atomic E-state index is 10.8. The van der Waals surface area contributed by atoms with Crippen LogP contribution in [0.25, 0.3) is 0 Å². The monoisotopic (exact) mass is 319 g/mol. The van der Waals surface area contributed by atoms with Crippen molar-refractivity contribution in [3.63, 3.8) is 0 Å². The molecule has 0 saturated carbocycles. The molecule has 0 heterocycles. The van der Waals surface area contributed by atoms with Crippen LogP contribution in [0, 0.1) is 0 Å². The summed E-state index contributed by atoms with van der Waals surface area (Å²) in [5, 5.41) is 0. The summed E-state index contributed by atoms with van der Waals surface area (Å²) >= 11 is 0. The van der Waals surface area contributed by atoms with Crippen LogP contribution in [0.5, 0.6) is 5.75 Å². The highest BCUT2D eigenvalue weighted by Gasteiger charge is 2.04. The van der Waals surface area contributed by atoms with Crippen molar-refractivity contribution in [3.8, 4) is 5.75 Å². The summed E-state index contributed by atoms with van der Waals surface area (Å²) in [6.45, 7) is 4.74. The van der Waals surface area contributed by atoms with Crippen LogP contribution in [0.3, 0.4) is 0 Å². The number of ether oxygens (including phenoxy) is 1. The zero-order valence-corrected chi connectivity index (χ0v) is 13.5. The largest absolute Gasteiger partial charge is 0.744 e. The Balaban J connectivity index is 1.98. The second-order valence-electron chi connectivity index (χ2n) is 5.27. The summed E-state index contributed by atoms with van der Waals surface area (Å²) in [5.74, 6) is 1.06. The predicted molar refractivity (Wildman–Crippen MR) is 83.9 cm³/mol. The Labute approximate surface area is 131 Å². The summed E-state index contributed by atoms with van der Waals surface area (Å²) in [6.07, 6.45) is 1.10. The van der Waals surface area contributed by atoms with Crippen LogP contribution < -0.4 is 4.74 Å². The maximum atomic E-state index is 10.8. The van der Waals surface area contributed by atoms with Crippen molar-refractivity contribution in [2.75, 3.05) is 0 Å². The molecule has 1 unspecified atom stereocenters. The van der Waals surface area contributed by atoms with Crippen LogP contribution in [-0.4, -0.2) is 13.0 Å². The lowest BCUT2D eigenvalue weighted by Crippen LogP contribution is -1.99. The lowest BCUT2D eigenvalue weighted by molar-refractivity contribution is 0.306. The minimum absolute atomic E-state index is 0.252. The van der Waals surface area contributed by atoms with Gasteiger partial charge in [-0.15, -0.1) is 0 Å². The van der Waals surface area contributed by atoms with E-state index in [0.717, 1.165) is 12.0 Å². The molecular weight excluding hydrogens is 300 g/mol. The van der Waals surface area contributed by atoms with Gasteiger partial charge in [-0.3, -0.25) is 0 Å². The molecule has 0 radical (unpaired) electrons. The molecule has 0 aromatic heterocycles. The van der Waals surface area contributed by atoms with Gasteiger partial charge in [0.05, 0.1) is 4.90 Å². The Morgan fingerprint density at radius 3 is 2.14 bits per heavy atom. The predicted octanol–water partition coefficient (Wildman–Crippen LogP) is 3.68. The first-order chi connectivity index (χ1) is 10.4. The third-order valence-electron chi connectivity index (χ3n) is 3.68. The van der Waals surface area contributed by atoms with Crippen LogP contribution in [0.2, 0.25) is 0 Å². The summed E-state index contributed by atoms with van der Waals surface area (Å²) in [5.41, 5.74) is 2.34. The zero-order chi connectivity index (χ0) is 16.2. The van der Waals surface area contributed by atoms with Crippen molar-refractivity contribution < 1.29 is 17.7 Å². The zero-order valence-electron chi connectivity index (χ0n) is 12.7. The standard InChI is InChI=1S/C17H20O4S/c1-3-13(2)15-6-4-14(5-7-15)12-21-16-8-10-17(11-9-16)22(18,19)20/h4-11,13H,3,12H2,1-2H3,(H,18,19,20)/p-1. The third kappa shape index (κ3) is 4.32. The van der Waals surface area contributed by atoms with Gasteiger partial charge in [-0.1, -0.05) is 38.1 Å². The van der Waals surface area contributed by atoms with Gasteiger partial charge in [0.2, 0.25) is 0 Å². The molecule has 0 spiro atoms. The molecular formula is C17H19O4S-. The Morgan fingerprint density at radius 2 is 1.64 bits per heavy atom. The topological polar surface area (TPSA) is 66.4 Å². The Hall–Kier alpha value is -1.85. The van der Waals surface area contributed by atoms with Crippen LogP contribution >= 0.6 is 0 Å². The van der Waals surface area contributed by atoms with E-state index < -0.39 is 10.1 Å². The van der Waals surface area contributed by atoms with Gasteiger partial charge in [0.15, 0.2) is 0 Å². The molecule has 0 aliphatic rings. The number of hydrogen-bond acceptors (Lipinski definition) is 4. The summed E-state index contributed by atoms with van der Waals surface area (Å²) < 4.78 is 38.1. The molecule has 5 heteroatoms. The fraction of sp³-hybridized carbons (Fsp3) is 0.294. The SMILES string of the molecule is CCC(C)c1ccc(COc2ccc(S(=O)(=O)[O-])cc2)cc1. The average molecular weight is 319 g/mol. The second-order valence-corrected chi connectivity index (χ2v) is 6.64. The highest BCUT2D eigenvalue weighted by molar-refractivity contribution is 7.85. The lowest BCUT2D eigenvalue weighted by atomic mass is 9.98. The summed E-state index contributed by atoms with van der Waals surface area (Å²) in [4.78, 5) is -0.252. The second kappa shape index (κ2) is 6.94. The van der Waals surface area contributed by atoms with Crippen LogP contribution in [0.4, 0.5) is 0 Å². The van der Waals surface area contributed by atoms with Gasteiger partial charge in [0.25, 0.3) is 0 Å². The molecule has 0 fully saturated rings. The van der Waals surface area contributed by atoms with Gasteiger partial charge in [0, 0.05) is 0 Å². The van der Waals surface area contributed by atoms with E-state index in [4.69, 9.17) is 4.74 Å². The van der Waals surface area contributed by atoms with Crippen molar-refractivity contribution in [2.45, 2.75) is 37.7 Å². The first-order valence-electron chi connectivity index (χ1n) is 7.17. The van der Waals surface area contributed by atoms with Gasteiger partial charge < -0.3 is 9.29 Å². The van der Waals surface area contributed by atoms with E-state index in [1.165, 1.54) is 29.8 Å². The van der Waals surface area contributed by atoms with Crippen LogP contribution in [0.1, 0.15) is 37.3 Å². The summed E-state index contributed by atoms with van der Waals surface area (Å²) in [7, 11) is -4.41. The molecule has 0 bridgehead atoms.